The van der Waals surface area contributed by atoms with Crippen molar-refractivity contribution in [1.29, 1.82) is 0 Å². The molecule has 1 aliphatic carbocycles. The number of hydrogen-bond acceptors (Lipinski definition) is 2. The number of carbonyl (C=O) groups excluding carboxylic acids is 2. The maximum absolute atomic E-state index is 12.3. The topological polar surface area (TPSA) is 54.3 Å². The van der Waals surface area contributed by atoms with Crippen LogP contribution in [0.1, 0.15) is 37.8 Å². The van der Waals surface area contributed by atoms with E-state index in [4.69, 9.17) is 0 Å². The molecule has 2 fully saturated rings. The third-order valence-corrected chi connectivity index (χ3v) is 4.79. The fourth-order valence-electron chi connectivity index (χ4n) is 3.48. The Morgan fingerprint density at radius 3 is 2.81 bits per heavy atom. The quantitative estimate of drug-likeness (QED) is 0.911. The number of aryl methyl sites for hydroxylation is 1. The lowest BCUT2D eigenvalue weighted by molar-refractivity contribution is -0.130. The minimum absolute atomic E-state index is 0.00467. The van der Waals surface area contributed by atoms with Crippen LogP contribution in [-0.2, 0) is 23.2 Å². The van der Waals surface area contributed by atoms with Crippen molar-refractivity contribution in [2.45, 2.75) is 44.7 Å². The van der Waals surface area contributed by atoms with Gasteiger partial charge in [-0.25, -0.2) is 0 Å². The molecular weight excluding hydrogens is 266 g/mol. The normalized spacial score (nSPS) is 23.0. The summed E-state index contributed by atoms with van der Waals surface area (Å²) in [5.41, 5.74) is 1.07. The summed E-state index contributed by atoms with van der Waals surface area (Å²) >= 11 is 0. The van der Waals surface area contributed by atoms with E-state index in [0.29, 0.717) is 25.6 Å². The van der Waals surface area contributed by atoms with E-state index in [9.17, 15) is 9.59 Å². The number of aromatic nitrogens is 1. The monoisotopic (exact) mass is 289 g/mol. The summed E-state index contributed by atoms with van der Waals surface area (Å²) in [6, 6.07) is 4.33. The third-order valence-electron chi connectivity index (χ3n) is 4.79. The summed E-state index contributed by atoms with van der Waals surface area (Å²) in [5.74, 6) is -0.0238. The highest BCUT2D eigenvalue weighted by molar-refractivity contribution is 5.89. The van der Waals surface area contributed by atoms with Crippen molar-refractivity contribution < 1.29 is 9.59 Å². The maximum Gasteiger partial charge on any atom is 0.225 e. The van der Waals surface area contributed by atoms with Crippen molar-refractivity contribution in [3.05, 3.63) is 24.0 Å². The van der Waals surface area contributed by atoms with Crippen molar-refractivity contribution in [2.24, 2.45) is 13.0 Å². The van der Waals surface area contributed by atoms with Gasteiger partial charge in [-0.05, 0) is 25.0 Å². The molecule has 2 amide bonds. The SMILES string of the molecule is Cn1cccc1CNC(=O)C1CC(=O)N(C2CCCC2)C1. The number of rotatable bonds is 4. The lowest BCUT2D eigenvalue weighted by Crippen LogP contribution is -2.37. The first kappa shape index (κ1) is 14.2. The molecular formula is C16H23N3O2. The van der Waals surface area contributed by atoms with Gasteiger partial charge in [-0.2, -0.15) is 0 Å². The van der Waals surface area contributed by atoms with E-state index in [2.05, 4.69) is 5.32 Å². The van der Waals surface area contributed by atoms with Gasteiger partial charge >= 0.3 is 0 Å². The number of carbonyl (C=O) groups is 2. The molecule has 0 spiro atoms. The molecule has 1 aromatic heterocycles. The molecule has 1 atom stereocenters. The van der Waals surface area contributed by atoms with Crippen LogP contribution in [0.3, 0.4) is 0 Å². The van der Waals surface area contributed by atoms with Crippen molar-refractivity contribution >= 4 is 11.8 Å². The Bertz CT molecular complexity index is 531. The molecule has 1 saturated carbocycles. The van der Waals surface area contributed by atoms with Gasteiger partial charge in [-0.1, -0.05) is 12.8 Å². The second-order valence-corrected chi connectivity index (χ2v) is 6.21. The van der Waals surface area contributed by atoms with Crippen LogP contribution in [0.4, 0.5) is 0 Å². The molecule has 0 aromatic carbocycles. The molecule has 0 bridgehead atoms. The van der Waals surface area contributed by atoms with Crippen molar-refractivity contribution in [1.82, 2.24) is 14.8 Å². The number of amides is 2. The van der Waals surface area contributed by atoms with Gasteiger partial charge in [-0.3, -0.25) is 9.59 Å². The highest BCUT2D eigenvalue weighted by atomic mass is 16.2. The zero-order valence-electron chi connectivity index (χ0n) is 12.5. The molecule has 5 heteroatoms. The molecule has 1 aromatic rings. The summed E-state index contributed by atoms with van der Waals surface area (Å²) in [4.78, 5) is 26.3. The van der Waals surface area contributed by atoms with Gasteiger partial charge in [0.15, 0.2) is 0 Å². The first-order chi connectivity index (χ1) is 10.1. The van der Waals surface area contributed by atoms with Crippen molar-refractivity contribution in [3.8, 4) is 0 Å². The summed E-state index contributed by atoms with van der Waals surface area (Å²) in [6.45, 7) is 1.12. The van der Waals surface area contributed by atoms with Gasteiger partial charge in [0.25, 0.3) is 0 Å². The zero-order chi connectivity index (χ0) is 14.8. The van der Waals surface area contributed by atoms with E-state index in [1.54, 1.807) is 0 Å². The fraction of sp³-hybridized carbons (Fsp3) is 0.625. The smallest absolute Gasteiger partial charge is 0.225 e. The number of hydrogen-bond donors (Lipinski definition) is 1. The Kier molecular flexibility index (Phi) is 3.99. The summed E-state index contributed by atoms with van der Waals surface area (Å²) in [6.07, 6.45) is 6.95. The Labute approximate surface area is 125 Å². The molecule has 5 nitrogen and oxygen atoms in total. The highest BCUT2D eigenvalue weighted by Crippen LogP contribution is 2.29. The van der Waals surface area contributed by atoms with E-state index in [1.165, 1.54) is 12.8 Å². The van der Waals surface area contributed by atoms with Crippen molar-refractivity contribution in [3.63, 3.8) is 0 Å². The minimum Gasteiger partial charge on any atom is -0.353 e. The molecule has 114 valence electrons. The first-order valence-electron chi connectivity index (χ1n) is 7.82. The predicted molar refractivity (Wildman–Crippen MR) is 79.3 cm³/mol. The molecule has 0 radical (unpaired) electrons. The third kappa shape index (κ3) is 2.96. The highest BCUT2D eigenvalue weighted by Gasteiger charge is 2.38. The Morgan fingerprint density at radius 2 is 2.14 bits per heavy atom. The van der Waals surface area contributed by atoms with Gasteiger partial charge in [0.2, 0.25) is 11.8 Å². The predicted octanol–water partition coefficient (Wildman–Crippen LogP) is 1.43. The van der Waals surface area contributed by atoms with Crippen LogP contribution in [-0.4, -0.2) is 33.9 Å². The van der Waals surface area contributed by atoms with E-state index < -0.39 is 0 Å². The average Bonchev–Trinajstić information content (AvgIpc) is 3.17. The Morgan fingerprint density at radius 1 is 1.38 bits per heavy atom. The molecule has 1 aliphatic heterocycles. The number of nitrogens with zero attached hydrogens (tertiary/aromatic N) is 2. The molecule has 3 rings (SSSR count). The van der Waals surface area contributed by atoms with Gasteiger partial charge in [0.1, 0.15) is 0 Å². The molecule has 1 N–H and O–H groups in total. The van der Waals surface area contributed by atoms with Gasteiger partial charge in [0, 0.05) is 37.9 Å². The molecule has 2 heterocycles. The molecule has 21 heavy (non-hydrogen) atoms. The second-order valence-electron chi connectivity index (χ2n) is 6.21. The Balaban J connectivity index is 1.54. The Hall–Kier alpha value is -1.78. The van der Waals surface area contributed by atoms with Gasteiger partial charge < -0.3 is 14.8 Å². The van der Waals surface area contributed by atoms with Crippen LogP contribution in [0.2, 0.25) is 0 Å². The lowest BCUT2D eigenvalue weighted by atomic mass is 10.1. The van der Waals surface area contributed by atoms with Crippen LogP contribution in [0, 0.1) is 5.92 Å². The largest absolute Gasteiger partial charge is 0.353 e. The first-order valence-corrected chi connectivity index (χ1v) is 7.82. The summed E-state index contributed by atoms with van der Waals surface area (Å²) in [7, 11) is 1.96. The van der Waals surface area contributed by atoms with Crippen LogP contribution in [0.25, 0.3) is 0 Å². The molecule has 1 unspecified atom stereocenters. The average molecular weight is 289 g/mol. The van der Waals surface area contributed by atoms with Crippen LogP contribution >= 0.6 is 0 Å². The van der Waals surface area contributed by atoms with Crippen molar-refractivity contribution in [2.75, 3.05) is 6.54 Å². The summed E-state index contributed by atoms with van der Waals surface area (Å²) < 4.78 is 1.99. The van der Waals surface area contributed by atoms with Gasteiger partial charge in [-0.15, -0.1) is 0 Å². The standard InChI is InChI=1S/C16H23N3O2/c1-18-8-4-7-14(18)10-17-16(21)12-9-15(20)19(11-12)13-5-2-3-6-13/h4,7-8,12-13H,2-3,5-6,9-11H2,1H3,(H,17,21). The fourth-order valence-corrected chi connectivity index (χ4v) is 3.48. The van der Waals surface area contributed by atoms with Crippen LogP contribution < -0.4 is 5.32 Å². The van der Waals surface area contributed by atoms with E-state index in [0.717, 1.165) is 18.5 Å². The molecule has 1 saturated heterocycles. The van der Waals surface area contributed by atoms with E-state index in [-0.39, 0.29) is 17.7 Å². The van der Waals surface area contributed by atoms with Crippen LogP contribution in [0.5, 0.6) is 0 Å². The number of nitrogens with one attached hydrogen (secondary N) is 1. The van der Waals surface area contributed by atoms with Gasteiger partial charge in [0.05, 0.1) is 12.5 Å². The maximum atomic E-state index is 12.3. The summed E-state index contributed by atoms with van der Waals surface area (Å²) in [5, 5.41) is 2.96. The number of likely N-dealkylation sites (tertiary alicyclic amines) is 1. The van der Waals surface area contributed by atoms with E-state index in [1.807, 2.05) is 34.8 Å². The zero-order valence-corrected chi connectivity index (χ0v) is 12.5. The minimum atomic E-state index is -0.182. The second kappa shape index (κ2) is 5.92. The lowest BCUT2D eigenvalue weighted by Gasteiger charge is -2.23. The molecule has 2 aliphatic rings. The van der Waals surface area contributed by atoms with Crippen LogP contribution in [0.15, 0.2) is 18.3 Å². The van der Waals surface area contributed by atoms with E-state index >= 15 is 0 Å².